The zero-order valence-electron chi connectivity index (χ0n) is 10.1. The molecule has 0 aromatic heterocycles. The number of halogens is 3. The fourth-order valence-corrected chi connectivity index (χ4v) is 2.47. The van der Waals surface area contributed by atoms with Crippen LogP contribution in [0, 0.1) is 17.8 Å². The van der Waals surface area contributed by atoms with Crippen molar-refractivity contribution < 1.29 is 18.0 Å². The van der Waals surface area contributed by atoms with Gasteiger partial charge in [-0.2, -0.15) is 13.2 Å². The maximum Gasteiger partial charge on any atom is 0.411 e. The third-order valence-electron chi connectivity index (χ3n) is 4.24. The van der Waals surface area contributed by atoms with Crippen LogP contribution in [0.3, 0.4) is 0 Å². The topological polar surface area (TPSA) is 32.3 Å². The van der Waals surface area contributed by atoms with Gasteiger partial charge in [-0.1, -0.05) is 0 Å². The Labute approximate surface area is 98.3 Å². The molecule has 1 unspecified atom stereocenters. The van der Waals surface area contributed by atoms with Gasteiger partial charge in [0.1, 0.15) is 5.54 Å². The first kappa shape index (κ1) is 12.7. The highest BCUT2D eigenvalue weighted by Crippen LogP contribution is 2.50. The molecule has 1 N–H and O–H groups in total. The fourth-order valence-electron chi connectivity index (χ4n) is 2.47. The summed E-state index contributed by atoms with van der Waals surface area (Å²) >= 11 is 0. The fraction of sp³-hybridized carbons (Fsp3) is 0.909. The summed E-state index contributed by atoms with van der Waals surface area (Å²) in [6.07, 6.45) is -4.40. The molecule has 0 aromatic carbocycles. The van der Waals surface area contributed by atoms with Crippen LogP contribution in [0.5, 0.6) is 0 Å². The summed E-state index contributed by atoms with van der Waals surface area (Å²) in [6.45, 7) is 3.59. The van der Waals surface area contributed by atoms with E-state index in [-0.39, 0.29) is 23.7 Å². The third kappa shape index (κ3) is 1.82. The largest absolute Gasteiger partial charge is 0.411 e. The van der Waals surface area contributed by atoms with Gasteiger partial charge in [0.15, 0.2) is 0 Å². The zero-order valence-corrected chi connectivity index (χ0v) is 10.1. The van der Waals surface area contributed by atoms with Crippen molar-refractivity contribution in [3.05, 3.63) is 0 Å². The first-order chi connectivity index (χ1) is 7.68. The van der Waals surface area contributed by atoms with E-state index in [9.17, 15) is 18.0 Å². The second kappa shape index (κ2) is 3.60. The molecule has 2 aliphatic rings. The Morgan fingerprint density at radius 3 is 2.12 bits per heavy atom. The van der Waals surface area contributed by atoms with Crippen molar-refractivity contribution in [3.63, 3.8) is 0 Å². The van der Waals surface area contributed by atoms with E-state index in [2.05, 4.69) is 5.32 Å². The minimum absolute atomic E-state index is 0.206. The summed E-state index contributed by atoms with van der Waals surface area (Å²) in [5, 5.41) is 3.12. The van der Waals surface area contributed by atoms with Gasteiger partial charge in [0, 0.05) is 13.0 Å². The van der Waals surface area contributed by atoms with Crippen molar-refractivity contribution in [2.75, 3.05) is 20.1 Å². The summed E-state index contributed by atoms with van der Waals surface area (Å²) in [5.74, 6) is -0.0883. The molecule has 3 nitrogen and oxygen atoms in total. The summed E-state index contributed by atoms with van der Waals surface area (Å²) in [6, 6.07) is 0. The van der Waals surface area contributed by atoms with Crippen LogP contribution >= 0.6 is 0 Å². The molecule has 2 rings (SSSR count). The van der Waals surface area contributed by atoms with E-state index in [4.69, 9.17) is 0 Å². The second-order valence-electron chi connectivity index (χ2n) is 5.47. The molecular weight excluding hydrogens is 233 g/mol. The highest BCUT2D eigenvalue weighted by Gasteiger charge is 2.61. The molecule has 0 bridgehead atoms. The molecule has 3 atom stereocenters. The molecule has 0 spiro atoms. The predicted molar refractivity (Wildman–Crippen MR) is 56.2 cm³/mol. The number of hydrogen-bond donors (Lipinski definition) is 1. The number of carbonyl (C=O) groups excluding carboxylic acids is 1. The molecule has 98 valence electrons. The molecule has 2 fully saturated rings. The van der Waals surface area contributed by atoms with Crippen molar-refractivity contribution in [2.45, 2.75) is 25.6 Å². The van der Waals surface area contributed by atoms with Crippen LogP contribution < -0.4 is 5.32 Å². The number of nitrogens with one attached hydrogen (secondary N) is 1. The van der Waals surface area contributed by atoms with Crippen LogP contribution in [-0.4, -0.2) is 42.7 Å². The Morgan fingerprint density at radius 1 is 1.24 bits per heavy atom. The van der Waals surface area contributed by atoms with Crippen molar-refractivity contribution in [3.8, 4) is 0 Å². The van der Waals surface area contributed by atoms with E-state index < -0.39 is 11.7 Å². The van der Waals surface area contributed by atoms with Crippen molar-refractivity contribution in [1.82, 2.24) is 10.2 Å². The predicted octanol–water partition coefficient (Wildman–Crippen LogP) is 1.25. The number of amides is 1. The number of fused-ring (bicyclic) bond motifs is 1. The quantitative estimate of drug-likeness (QED) is 0.800. The Kier molecular flexibility index (Phi) is 2.69. The molecule has 17 heavy (non-hydrogen) atoms. The average molecular weight is 250 g/mol. The molecule has 1 heterocycles. The van der Waals surface area contributed by atoms with E-state index in [1.54, 1.807) is 0 Å². The molecular formula is C11H17F3N2O. The summed E-state index contributed by atoms with van der Waals surface area (Å²) in [4.78, 5) is 12.9. The van der Waals surface area contributed by atoms with Gasteiger partial charge in [-0.15, -0.1) is 0 Å². The standard InChI is InChI=1S/C11H17F3N2O/c1-10(2,11(12,13)14)16(3)9(17)8-6-4-15-5-7(6)8/h6-8,15H,4-5H2,1-3H3/t6-,7+,8?. The van der Waals surface area contributed by atoms with Crippen LogP contribution in [0.1, 0.15) is 13.8 Å². The van der Waals surface area contributed by atoms with Gasteiger partial charge in [0.25, 0.3) is 0 Å². The maximum absolute atomic E-state index is 12.8. The number of piperidine rings is 1. The molecule has 1 aliphatic heterocycles. The third-order valence-corrected chi connectivity index (χ3v) is 4.24. The molecule has 0 radical (unpaired) electrons. The zero-order chi connectivity index (χ0) is 13.0. The van der Waals surface area contributed by atoms with E-state index >= 15 is 0 Å². The van der Waals surface area contributed by atoms with Crippen LogP contribution in [0.15, 0.2) is 0 Å². The van der Waals surface area contributed by atoms with Gasteiger partial charge in [-0.25, -0.2) is 0 Å². The first-order valence-corrected chi connectivity index (χ1v) is 5.73. The smallest absolute Gasteiger partial charge is 0.331 e. The minimum atomic E-state index is -4.40. The van der Waals surface area contributed by atoms with Crippen LogP contribution in [0.4, 0.5) is 13.2 Å². The molecule has 1 aliphatic carbocycles. The van der Waals surface area contributed by atoms with Gasteiger partial charge in [0.2, 0.25) is 5.91 Å². The molecule has 1 saturated heterocycles. The summed E-state index contributed by atoms with van der Waals surface area (Å²) in [7, 11) is 1.25. The monoisotopic (exact) mass is 250 g/mol. The number of nitrogens with zero attached hydrogens (tertiary/aromatic N) is 1. The Bertz CT molecular complexity index is 330. The van der Waals surface area contributed by atoms with Crippen LogP contribution in [0.2, 0.25) is 0 Å². The van der Waals surface area contributed by atoms with Crippen molar-refractivity contribution >= 4 is 5.91 Å². The van der Waals surface area contributed by atoms with Crippen molar-refractivity contribution in [1.29, 1.82) is 0 Å². The first-order valence-electron chi connectivity index (χ1n) is 5.73. The molecule has 6 heteroatoms. The van der Waals surface area contributed by atoms with Gasteiger partial charge in [-0.05, 0) is 38.8 Å². The highest BCUT2D eigenvalue weighted by atomic mass is 19.4. The van der Waals surface area contributed by atoms with Crippen LogP contribution in [-0.2, 0) is 4.79 Å². The van der Waals surface area contributed by atoms with Crippen LogP contribution in [0.25, 0.3) is 0 Å². The molecule has 0 aromatic rings. The Hall–Kier alpha value is -0.780. The summed E-state index contributed by atoms with van der Waals surface area (Å²) in [5.41, 5.74) is -2.10. The van der Waals surface area contributed by atoms with Gasteiger partial charge < -0.3 is 10.2 Å². The minimum Gasteiger partial charge on any atom is -0.331 e. The summed E-state index contributed by atoms with van der Waals surface area (Å²) < 4.78 is 38.4. The number of rotatable bonds is 2. The van der Waals surface area contributed by atoms with Gasteiger partial charge in [0.05, 0.1) is 0 Å². The lowest BCUT2D eigenvalue weighted by molar-refractivity contribution is -0.218. The van der Waals surface area contributed by atoms with Crippen molar-refractivity contribution in [2.24, 2.45) is 17.8 Å². The second-order valence-corrected chi connectivity index (χ2v) is 5.47. The lowest BCUT2D eigenvalue weighted by Gasteiger charge is -2.37. The number of alkyl halides is 3. The average Bonchev–Trinajstić information content (AvgIpc) is 2.67. The highest BCUT2D eigenvalue weighted by molar-refractivity contribution is 5.83. The van der Waals surface area contributed by atoms with E-state index in [1.807, 2.05) is 0 Å². The lowest BCUT2D eigenvalue weighted by Crippen LogP contribution is -2.55. The Balaban J connectivity index is 2.06. The Morgan fingerprint density at radius 2 is 1.71 bits per heavy atom. The van der Waals surface area contributed by atoms with E-state index in [0.717, 1.165) is 31.8 Å². The normalized spacial score (nSPS) is 32.2. The lowest BCUT2D eigenvalue weighted by atomic mass is 10.0. The SMILES string of the molecule is CN(C(=O)C1[C@H]2CNC[C@@H]12)C(C)(C)C(F)(F)F. The van der Waals surface area contributed by atoms with Gasteiger partial charge in [-0.3, -0.25) is 4.79 Å². The number of carbonyl (C=O) groups is 1. The number of hydrogen-bond acceptors (Lipinski definition) is 2. The van der Waals surface area contributed by atoms with E-state index in [1.165, 1.54) is 7.05 Å². The maximum atomic E-state index is 12.8. The van der Waals surface area contributed by atoms with Gasteiger partial charge >= 0.3 is 6.18 Å². The molecule has 1 amide bonds. The molecule has 1 saturated carbocycles. The van der Waals surface area contributed by atoms with E-state index in [0.29, 0.717) is 0 Å².